The lowest BCUT2D eigenvalue weighted by Gasteiger charge is -2.24. The molecule has 0 spiro atoms. The van der Waals surface area contributed by atoms with Crippen molar-refractivity contribution in [2.75, 3.05) is 19.7 Å². The minimum Gasteiger partial charge on any atom is -0.508 e. The molecule has 14 heavy (non-hydrogen) atoms. The van der Waals surface area contributed by atoms with Gasteiger partial charge in [-0.25, -0.2) is 0 Å². The third-order valence-corrected chi connectivity index (χ3v) is 2.66. The van der Waals surface area contributed by atoms with Crippen molar-refractivity contribution in [3.8, 4) is 5.75 Å². The van der Waals surface area contributed by atoms with Crippen molar-refractivity contribution in [2.45, 2.75) is 6.10 Å². The summed E-state index contributed by atoms with van der Waals surface area (Å²) in [6.07, 6.45) is 0.0483. The fraction of sp³-hybridized carbons (Fsp3) is 0.400. The summed E-state index contributed by atoms with van der Waals surface area (Å²) in [7, 11) is 0. The topological polar surface area (TPSA) is 41.5 Å². The molecule has 1 aromatic carbocycles. The zero-order valence-electron chi connectivity index (χ0n) is 7.66. The van der Waals surface area contributed by atoms with E-state index in [0.29, 0.717) is 0 Å². The lowest BCUT2D eigenvalue weighted by Crippen LogP contribution is -2.33. The van der Waals surface area contributed by atoms with Crippen molar-refractivity contribution in [1.82, 2.24) is 5.32 Å². The van der Waals surface area contributed by atoms with Gasteiger partial charge in [-0.3, -0.25) is 0 Å². The third-order valence-electron chi connectivity index (χ3n) is 2.20. The van der Waals surface area contributed by atoms with E-state index < -0.39 is 0 Å². The third kappa shape index (κ3) is 2.26. The molecule has 2 rings (SSSR count). The smallest absolute Gasteiger partial charge is 0.117 e. The van der Waals surface area contributed by atoms with Crippen molar-refractivity contribution in [1.29, 1.82) is 0 Å². The fourth-order valence-corrected chi connectivity index (χ4v) is 2.06. The number of phenolic OH excluding ortho intramolecular Hbond substituents is 1. The van der Waals surface area contributed by atoms with Gasteiger partial charge in [0.1, 0.15) is 5.75 Å². The number of rotatable bonds is 1. The predicted octanol–water partition coefficient (Wildman–Crippen LogP) is 1.82. The first-order valence-corrected chi connectivity index (χ1v) is 5.37. The molecule has 3 nitrogen and oxygen atoms in total. The molecule has 1 unspecified atom stereocenters. The molecule has 76 valence electrons. The number of nitrogens with one attached hydrogen (secondary N) is 1. The molecule has 0 radical (unpaired) electrons. The summed E-state index contributed by atoms with van der Waals surface area (Å²) in [5, 5.41) is 12.7. The van der Waals surface area contributed by atoms with Gasteiger partial charge in [-0.1, -0.05) is 15.9 Å². The maximum Gasteiger partial charge on any atom is 0.117 e. The summed E-state index contributed by atoms with van der Waals surface area (Å²) < 4.78 is 6.46. The van der Waals surface area contributed by atoms with Crippen LogP contribution in [0.3, 0.4) is 0 Å². The minimum atomic E-state index is 0.0483. The van der Waals surface area contributed by atoms with Crippen LogP contribution in [-0.4, -0.2) is 24.8 Å². The molecule has 0 aliphatic carbocycles. The van der Waals surface area contributed by atoms with E-state index in [4.69, 9.17) is 4.74 Å². The van der Waals surface area contributed by atoms with Crippen LogP contribution in [0.2, 0.25) is 0 Å². The van der Waals surface area contributed by atoms with Crippen LogP contribution < -0.4 is 5.32 Å². The van der Waals surface area contributed by atoms with Crippen LogP contribution in [-0.2, 0) is 4.74 Å². The van der Waals surface area contributed by atoms with Gasteiger partial charge in [0.25, 0.3) is 0 Å². The second-order valence-electron chi connectivity index (χ2n) is 3.31. The van der Waals surface area contributed by atoms with Gasteiger partial charge >= 0.3 is 0 Å². The lowest BCUT2D eigenvalue weighted by molar-refractivity contribution is 0.0275. The Morgan fingerprint density at radius 2 is 2.29 bits per heavy atom. The fourth-order valence-electron chi connectivity index (χ4n) is 1.56. The molecule has 1 heterocycles. The van der Waals surface area contributed by atoms with E-state index in [2.05, 4.69) is 21.2 Å². The molecule has 0 saturated carbocycles. The summed E-state index contributed by atoms with van der Waals surface area (Å²) in [5.41, 5.74) is 1.00. The van der Waals surface area contributed by atoms with Crippen LogP contribution in [0.25, 0.3) is 0 Å². The average Bonchev–Trinajstić information content (AvgIpc) is 2.18. The van der Waals surface area contributed by atoms with E-state index in [0.717, 1.165) is 29.7 Å². The van der Waals surface area contributed by atoms with Crippen LogP contribution in [0.5, 0.6) is 5.75 Å². The molecule has 0 bridgehead atoms. The Hall–Kier alpha value is -0.580. The second-order valence-corrected chi connectivity index (χ2v) is 4.22. The summed E-state index contributed by atoms with van der Waals surface area (Å²) in [6.45, 7) is 2.42. The Labute approximate surface area is 91.2 Å². The van der Waals surface area contributed by atoms with E-state index in [1.165, 1.54) is 0 Å². The number of aromatic hydroxyl groups is 1. The lowest BCUT2D eigenvalue weighted by atomic mass is 10.1. The number of halogens is 1. The Bertz CT molecular complexity index is 304. The molecular formula is C10H12BrNO2. The van der Waals surface area contributed by atoms with Crippen molar-refractivity contribution in [3.05, 3.63) is 28.2 Å². The molecular weight excluding hydrogens is 246 g/mol. The van der Waals surface area contributed by atoms with Crippen molar-refractivity contribution in [3.63, 3.8) is 0 Å². The first kappa shape index (κ1) is 9.96. The normalized spacial score (nSPS) is 22.2. The molecule has 1 aliphatic heterocycles. The number of hydrogen-bond donors (Lipinski definition) is 2. The molecule has 4 heteroatoms. The number of hydrogen-bond acceptors (Lipinski definition) is 3. The van der Waals surface area contributed by atoms with Gasteiger partial charge in [-0.05, 0) is 23.8 Å². The molecule has 1 fully saturated rings. The van der Waals surface area contributed by atoms with E-state index in [-0.39, 0.29) is 11.9 Å². The first-order chi connectivity index (χ1) is 6.75. The van der Waals surface area contributed by atoms with Crippen LogP contribution in [0, 0.1) is 0 Å². The minimum absolute atomic E-state index is 0.0483. The van der Waals surface area contributed by atoms with Gasteiger partial charge in [0, 0.05) is 17.6 Å². The molecule has 0 aromatic heterocycles. The van der Waals surface area contributed by atoms with E-state index in [1.54, 1.807) is 12.1 Å². The molecule has 1 aliphatic rings. The number of phenols is 1. The average molecular weight is 258 g/mol. The number of benzene rings is 1. The Morgan fingerprint density at radius 1 is 1.43 bits per heavy atom. The second kappa shape index (κ2) is 4.29. The van der Waals surface area contributed by atoms with Crippen LogP contribution >= 0.6 is 15.9 Å². The van der Waals surface area contributed by atoms with Crippen molar-refractivity contribution < 1.29 is 9.84 Å². The number of ether oxygens (including phenoxy) is 1. The molecule has 1 atom stereocenters. The van der Waals surface area contributed by atoms with Crippen LogP contribution in [0.1, 0.15) is 11.7 Å². The standard InChI is InChI=1S/C10H12BrNO2/c11-8-3-7(4-9(13)5-8)10-6-12-1-2-14-10/h3-5,10,12-13H,1-2,6H2. The quantitative estimate of drug-likeness (QED) is 0.807. The van der Waals surface area contributed by atoms with Crippen molar-refractivity contribution >= 4 is 15.9 Å². The maximum atomic E-state index is 9.42. The maximum absolute atomic E-state index is 9.42. The zero-order chi connectivity index (χ0) is 9.97. The van der Waals surface area contributed by atoms with Gasteiger partial charge in [-0.2, -0.15) is 0 Å². The largest absolute Gasteiger partial charge is 0.508 e. The van der Waals surface area contributed by atoms with Crippen LogP contribution in [0.15, 0.2) is 22.7 Å². The summed E-state index contributed by atoms with van der Waals surface area (Å²) >= 11 is 3.34. The molecule has 0 amide bonds. The predicted molar refractivity (Wildman–Crippen MR) is 57.4 cm³/mol. The van der Waals surface area contributed by atoms with Gasteiger partial charge in [0.15, 0.2) is 0 Å². The Balaban J connectivity index is 2.21. The SMILES string of the molecule is Oc1cc(Br)cc(C2CNCCO2)c1. The number of morpholine rings is 1. The highest BCUT2D eigenvalue weighted by atomic mass is 79.9. The highest BCUT2D eigenvalue weighted by molar-refractivity contribution is 9.10. The highest BCUT2D eigenvalue weighted by Crippen LogP contribution is 2.26. The molecule has 1 saturated heterocycles. The zero-order valence-corrected chi connectivity index (χ0v) is 9.25. The van der Waals surface area contributed by atoms with E-state index in [9.17, 15) is 5.11 Å². The Morgan fingerprint density at radius 3 is 2.93 bits per heavy atom. The van der Waals surface area contributed by atoms with Gasteiger partial charge in [0.05, 0.1) is 12.7 Å². The van der Waals surface area contributed by atoms with E-state index >= 15 is 0 Å². The van der Waals surface area contributed by atoms with E-state index in [1.807, 2.05) is 6.07 Å². The van der Waals surface area contributed by atoms with Gasteiger partial charge in [0.2, 0.25) is 0 Å². The highest BCUT2D eigenvalue weighted by Gasteiger charge is 2.16. The van der Waals surface area contributed by atoms with Gasteiger partial charge < -0.3 is 15.2 Å². The molecule has 1 aromatic rings. The van der Waals surface area contributed by atoms with Crippen molar-refractivity contribution in [2.24, 2.45) is 0 Å². The van der Waals surface area contributed by atoms with Crippen LogP contribution in [0.4, 0.5) is 0 Å². The monoisotopic (exact) mass is 257 g/mol. The van der Waals surface area contributed by atoms with Gasteiger partial charge in [-0.15, -0.1) is 0 Å². The summed E-state index contributed by atoms with van der Waals surface area (Å²) in [5.74, 6) is 0.267. The summed E-state index contributed by atoms with van der Waals surface area (Å²) in [4.78, 5) is 0. The summed E-state index contributed by atoms with van der Waals surface area (Å²) in [6, 6.07) is 5.37. The first-order valence-electron chi connectivity index (χ1n) is 4.57. The molecule has 2 N–H and O–H groups in total. The Kier molecular flexibility index (Phi) is 3.05.